The SMILES string of the molecule is COB1OC(C)(C)c2cc(Nc3cc(N[C@H](CO)c4ccccc4)c(-c4nnc(-c5cccnc5)o4)cn3)ccc21. The molecule has 0 unspecified atom stereocenters. The number of hydrogen-bond donors (Lipinski definition) is 3. The number of anilines is 3. The van der Waals surface area contributed by atoms with Gasteiger partial charge in [0.1, 0.15) is 5.82 Å². The molecule has 0 spiro atoms. The van der Waals surface area contributed by atoms with Gasteiger partial charge < -0.3 is 29.5 Å². The van der Waals surface area contributed by atoms with Crippen molar-refractivity contribution in [3.05, 3.63) is 96.4 Å². The van der Waals surface area contributed by atoms with E-state index in [1.807, 2.05) is 74.5 Å². The van der Waals surface area contributed by atoms with Gasteiger partial charge in [-0.3, -0.25) is 4.98 Å². The van der Waals surface area contributed by atoms with E-state index in [4.69, 9.17) is 13.7 Å². The predicted molar refractivity (Wildman–Crippen MR) is 157 cm³/mol. The predicted octanol–water partition coefficient (Wildman–Crippen LogP) is 4.69. The second-order valence-electron chi connectivity index (χ2n) is 10.2. The fraction of sp³-hybridized carbons (Fsp3) is 0.200. The number of rotatable bonds is 9. The van der Waals surface area contributed by atoms with Gasteiger partial charge in [0.15, 0.2) is 0 Å². The fourth-order valence-corrected chi connectivity index (χ4v) is 4.94. The summed E-state index contributed by atoms with van der Waals surface area (Å²) < 4.78 is 17.6. The summed E-state index contributed by atoms with van der Waals surface area (Å²) in [5, 5.41) is 25.6. The quantitative estimate of drug-likeness (QED) is 0.223. The van der Waals surface area contributed by atoms with E-state index in [1.54, 1.807) is 25.7 Å². The molecule has 1 atom stereocenters. The fourth-order valence-electron chi connectivity index (χ4n) is 4.94. The molecule has 4 heterocycles. The van der Waals surface area contributed by atoms with E-state index in [0.717, 1.165) is 22.3 Å². The maximum absolute atomic E-state index is 10.3. The smallest absolute Gasteiger partial charge is 0.416 e. The third-order valence-electron chi connectivity index (χ3n) is 7.03. The largest absolute Gasteiger partial charge is 0.494 e. The van der Waals surface area contributed by atoms with E-state index in [9.17, 15) is 5.11 Å². The first-order valence-corrected chi connectivity index (χ1v) is 13.2. The minimum Gasteiger partial charge on any atom is -0.416 e. The lowest BCUT2D eigenvalue weighted by Crippen LogP contribution is -2.31. The Balaban J connectivity index is 1.35. The van der Waals surface area contributed by atoms with Crippen LogP contribution in [-0.4, -0.2) is 46.1 Å². The lowest BCUT2D eigenvalue weighted by molar-refractivity contribution is 0.0930. The van der Waals surface area contributed by atoms with Crippen LogP contribution in [-0.2, 0) is 14.9 Å². The standard InChI is InChI=1S/C30H29BN6O4/c1-30(2)23-14-21(11-12-24(23)31(39-3)41-30)34-27-15-25(35-26(18-38)19-8-5-4-6-9-19)22(17-33-27)29-37-36-28(40-29)20-10-7-13-32-16-20/h4-17,26,38H,18H2,1-3H3,(H2,33,34,35)/t26-/m1/s1. The highest BCUT2D eigenvalue weighted by atomic mass is 16.6. The molecule has 2 aromatic carbocycles. The number of aliphatic hydroxyl groups excluding tert-OH is 1. The molecule has 0 bridgehead atoms. The zero-order valence-corrected chi connectivity index (χ0v) is 22.9. The lowest BCUT2D eigenvalue weighted by Gasteiger charge is -2.21. The summed E-state index contributed by atoms with van der Waals surface area (Å²) >= 11 is 0. The van der Waals surface area contributed by atoms with Crippen molar-refractivity contribution in [3.8, 4) is 22.9 Å². The molecule has 11 heteroatoms. The number of fused-ring (bicyclic) bond motifs is 1. The van der Waals surface area contributed by atoms with Gasteiger partial charge in [0.2, 0.25) is 5.89 Å². The number of nitrogens with one attached hydrogen (secondary N) is 2. The van der Waals surface area contributed by atoms with Gasteiger partial charge in [-0.2, -0.15) is 0 Å². The summed E-state index contributed by atoms with van der Waals surface area (Å²) in [5.41, 5.74) is 5.31. The summed E-state index contributed by atoms with van der Waals surface area (Å²) in [5.74, 6) is 1.23. The monoisotopic (exact) mass is 548 g/mol. The Morgan fingerprint density at radius 1 is 1.00 bits per heavy atom. The van der Waals surface area contributed by atoms with E-state index in [1.165, 1.54) is 0 Å². The highest BCUT2D eigenvalue weighted by molar-refractivity contribution is 6.63. The summed E-state index contributed by atoms with van der Waals surface area (Å²) in [7, 11) is 1.24. The summed E-state index contributed by atoms with van der Waals surface area (Å²) in [6, 6.07) is 20.9. The molecule has 10 nitrogen and oxygen atoms in total. The molecule has 0 fully saturated rings. The maximum atomic E-state index is 10.3. The molecule has 6 rings (SSSR count). The Bertz CT molecular complexity index is 1650. The van der Waals surface area contributed by atoms with E-state index in [2.05, 4.69) is 36.9 Å². The van der Waals surface area contributed by atoms with Crippen LogP contribution < -0.4 is 16.1 Å². The lowest BCUT2D eigenvalue weighted by atomic mass is 9.77. The van der Waals surface area contributed by atoms with Gasteiger partial charge in [-0.15, -0.1) is 10.2 Å². The Hall–Kier alpha value is -4.58. The van der Waals surface area contributed by atoms with Gasteiger partial charge in [-0.05, 0) is 54.7 Å². The van der Waals surface area contributed by atoms with Crippen molar-refractivity contribution in [2.75, 3.05) is 24.4 Å². The van der Waals surface area contributed by atoms with E-state index in [0.29, 0.717) is 28.5 Å². The highest BCUT2D eigenvalue weighted by Crippen LogP contribution is 2.35. The molecular weight excluding hydrogens is 519 g/mol. The Morgan fingerprint density at radius 2 is 1.83 bits per heavy atom. The number of nitrogens with zero attached hydrogens (tertiary/aromatic N) is 4. The van der Waals surface area contributed by atoms with E-state index >= 15 is 0 Å². The minimum atomic E-state index is -0.494. The molecule has 0 aliphatic carbocycles. The third-order valence-corrected chi connectivity index (χ3v) is 7.03. The van der Waals surface area contributed by atoms with Crippen LogP contribution in [0.4, 0.5) is 17.2 Å². The second kappa shape index (κ2) is 11.1. The molecule has 41 heavy (non-hydrogen) atoms. The highest BCUT2D eigenvalue weighted by Gasteiger charge is 2.42. The van der Waals surface area contributed by atoms with Gasteiger partial charge >= 0.3 is 7.12 Å². The van der Waals surface area contributed by atoms with Crippen molar-refractivity contribution in [2.24, 2.45) is 0 Å². The average molecular weight is 548 g/mol. The van der Waals surface area contributed by atoms with Crippen molar-refractivity contribution in [1.29, 1.82) is 0 Å². The molecule has 0 amide bonds. The molecule has 1 aliphatic rings. The molecular formula is C30H29BN6O4. The molecule has 0 radical (unpaired) electrons. The van der Waals surface area contributed by atoms with Crippen molar-refractivity contribution < 1.29 is 18.8 Å². The van der Waals surface area contributed by atoms with Crippen LogP contribution in [0.25, 0.3) is 22.9 Å². The van der Waals surface area contributed by atoms with Gasteiger partial charge in [0.25, 0.3) is 5.89 Å². The van der Waals surface area contributed by atoms with Crippen LogP contribution in [0.15, 0.2) is 89.7 Å². The summed E-state index contributed by atoms with van der Waals surface area (Å²) in [6.45, 7) is 3.92. The molecule has 3 N–H and O–H groups in total. The minimum absolute atomic E-state index is 0.125. The molecule has 206 valence electrons. The first kappa shape index (κ1) is 26.6. The number of aliphatic hydroxyl groups is 1. The molecule has 1 aliphatic heterocycles. The number of aromatic nitrogens is 4. The zero-order valence-electron chi connectivity index (χ0n) is 22.9. The normalized spacial score (nSPS) is 14.5. The van der Waals surface area contributed by atoms with Crippen molar-refractivity contribution in [3.63, 3.8) is 0 Å². The molecule has 0 saturated heterocycles. The van der Waals surface area contributed by atoms with Crippen LogP contribution in [0.3, 0.4) is 0 Å². The number of hydrogen-bond acceptors (Lipinski definition) is 10. The van der Waals surface area contributed by atoms with Crippen molar-refractivity contribution >= 4 is 29.8 Å². The second-order valence-corrected chi connectivity index (χ2v) is 10.2. The van der Waals surface area contributed by atoms with Crippen LogP contribution in [0.2, 0.25) is 0 Å². The Kier molecular flexibility index (Phi) is 7.23. The zero-order chi connectivity index (χ0) is 28.4. The first-order chi connectivity index (χ1) is 19.9. The summed E-state index contributed by atoms with van der Waals surface area (Å²) in [6.07, 6.45) is 5.02. The van der Waals surface area contributed by atoms with Crippen LogP contribution in [0.1, 0.15) is 31.0 Å². The van der Waals surface area contributed by atoms with Crippen molar-refractivity contribution in [1.82, 2.24) is 20.2 Å². The van der Waals surface area contributed by atoms with E-state index in [-0.39, 0.29) is 18.5 Å². The molecule has 3 aromatic heterocycles. The Morgan fingerprint density at radius 3 is 2.59 bits per heavy atom. The first-order valence-electron chi connectivity index (χ1n) is 13.2. The van der Waals surface area contributed by atoms with Crippen LogP contribution in [0, 0.1) is 0 Å². The van der Waals surface area contributed by atoms with Gasteiger partial charge in [0, 0.05) is 37.5 Å². The van der Waals surface area contributed by atoms with Crippen LogP contribution >= 0.6 is 0 Å². The topological polar surface area (TPSA) is 127 Å². The molecule has 5 aromatic rings. The summed E-state index contributed by atoms with van der Waals surface area (Å²) in [4.78, 5) is 8.78. The number of pyridine rings is 2. The van der Waals surface area contributed by atoms with Gasteiger partial charge in [-0.25, -0.2) is 4.98 Å². The third kappa shape index (κ3) is 5.42. The molecule has 0 saturated carbocycles. The average Bonchev–Trinajstić information content (AvgIpc) is 3.59. The van der Waals surface area contributed by atoms with Crippen LogP contribution in [0.5, 0.6) is 0 Å². The van der Waals surface area contributed by atoms with Gasteiger partial charge in [-0.1, -0.05) is 36.4 Å². The van der Waals surface area contributed by atoms with E-state index < -0.39 is 12.7 Å². The van der Waals surface area contributed by atoms with Gasteiger partial charge in [0.05, 0.1) is 35.1 Å². The maximum Gasteiger partial charge on any atom is 0.494 e. The Labute approximate surface area is 237 Å². The number of benzene rings is 2. The van der Waals surface area contributed by atoms with Crippen molar-refractivity contribution in [2.45, 2.75) is 25.5 Å².